The lowest BCUT2D eigenvalue weighted by atomic mass is 10.0. The zero-order chi connectivity index (χ0) is 13.6. The van der Waals surface area contributed by atoms with Crippen LogP contribution in [0.25, 0.3) is 0 Å². The number of rotatable bonds is 7. The van der Waals surface area contributed by atoms with Gasteiger partial charge in [-0.05, 0) is 12.8 Å². The molecule has 0 aliphatic carbocycles. The largest absolute Gasteiger partial charge is 0.480 e. The van der Waals surface area contributed by atoms with Gasteiger partial charge in [0.15, 0.2) is 0 Å². The van der Waals surface area contributed by atoms with Crippen LogP contribution in [0.15, 0.2) is 0 Å². The number of carbonyl (C=O) groups excluding carboxylic acids is 1. The Labute approximate surface area is 108 Å². The molecule has 0 spiro atoms. The highest BCUT2D eigenvalue weighted by Gasteiger charge is 2.42. The van der Waals surface area contributed by atoms with Crippen molar-refractivity contribution in [3.8, 4) is 0 Å². The highest BCUT2D eigenvalue weighted by Crippen LogP contribution is 2.20. The highest BCUT2D eigenvalue weighted by molar-refractivity contribution is 5.83. The van der Waals surface area contributed by atoms with E-state index in [1.165, 1.54) is 19.3 Å². The van der Waals surface area contributed by atoms with Crippen molar-refractivity contribution >= 4 is 11.9 Å². The van der Waals surface area contributed by atoms with Gasteiger partial charge in [0.25, 0.3) is 0 Å². The number of unbranched alkanes of at least 4 members (excludes halogenated alkanes) is 4. The number of nitrogens with zero attached hydrogens (tertiary/aromatic N) is 1. The van der Waals surface area contributed by atoms with Gasteiger partial charge in [-0.1, -0.05) is 32.6 Å². The van der Waals surface area contributed by atoms with Crippen LogP contribution in [0.3, 0.4) is 0 Å². The van der Waals surface area contributed by atoms with Crippen LogP contribution in [0, 0.1) is 0 Å². The fourth-order valence-corrected chi connectivity index (χ4v) is 2.26. The summed E-state index contributed by atoms with van der Waals surface area (Å²) < 4.78 is 0. The lowest BCUT2D eigenvalue weighted by molar-refractivity contribution is -0.143. The third-order valence-corrected chi connectivity index (χ3v) is 3.57. The average Bonchev–Trinajstić information content (AvgIpc) is 2.73. The molecule has 1 heterocycles. The fraction of sp³-hybridized carbons (Fsp3) is 0.846. The van der Waals surface area contributed by atoms with Crippen LogP contribution < -0.4 is 5.73 Å². The third kappa shape index (κ3) is 3.98. The molecule has 104 valence electrons. The molecule has 1 saturated heterocycles. The summed E-state index contributed by atoms with van der Waals surface area (Å²) in [6, 6.07) is 0. The molecule has 0 radical (unpaired) electrons. The molecule has 1 fully saturated rings. The van der Waals surface area contributed by atoms with Gasteiger partial charge < -0.3 is 15.7 Å². The number of carboxylic acids is 1. The molecule has 0 saturated carbocycles. The van der Waals surface area contributed by atoms with Gasteiger partial charge in [-0.2, -0.15) is 0 Å². The quantitative estimate of drug-likeness (QED) is 0.674. The zero-order valence-corrected chi connectivity index (χ0v) is 11.2. The van der Waals surface area contributed by atoms with Crippen LogP contribution in [0.4, 0.5) is 0 Å². The number of aliphatic carboxylic acids is 1. The molecular formula is C13H24N2O3. The standard InChI is InChI=1S/C13H24N2O3/c1-2-3-4-5-6-7-11(16)15-9-8-13(14,10-15)12(17)18/h2-10,14H2,1H3,(H,17,18). The van der Waals surface area contributed by atoms with E-state index in [9.17, 15) is 9.59 Å². The van der Waals surface area contributed by atoms with Gasteiger partial charge in [-0.15, -0.1) is 0 Å². The van der Waals surface area contributed by atoms with Gasteiger partial charge in [-0.25, -0.2) is 0 Å². The summed E-state index contributed by atoms with van der Waals surface area (Å²) in [5, 5.41) is 8.98. The smallest absolute Gasteiger partial charge is 0.325 e. The summed E-state index contributed by atoms with van der Waals surface area (Å²) in [4.78, 5) is 24.4. The van der Waals surface area contributed by atoms with Crippen molar-refractivity contribution in [2.75, 3.05) is 13.1 Å². The number of amides is 1. The third-order valence-electron chi connectivity index (χ3n) is 3.57. The number of hydrogen-bond donors (Lipinski definition) is 2. The summed E-state index contributed by atoms with van der Waals surface area (Å²) >= 11 is 0. The monoisotopic (exact) mass is 256 g/mol. The predicted octanol–water partition coefficient (Wildman–Crippen LogP) is 1.36. The first-order chi connectivity index (χ1) is 8.49. The van der Waals surface area contributed by atoms with Gasteiger partial charge in [0.05, 0.1) is 0 Å². The molecule has 3 N–H and O–H groups in total. The van der Waals surface area contributed by atoms with E-state index in [4.69, 9.17) is 10.8 Å². The molecule has 18 heavy (non-hydrogen) atoms. The Morgan fingerprint density at radius 3 is 2.50 bits per heavy atom. The predicted molar refractivity (Wildman–Crippen MR) is 69.1 cm³/mol. The van der Waals surface area contributed by atoms with Gasteiger partial charge in [0.1, 0.15) is 5.54 Å². The van der Waals surface area contributed by atoms with Gasteiger partial charge in [0.2, 0.25) is 5.91 Å². The van der Waals surface area contributed by atoms with Crippen molar-refractivity contribution in [1.29, 1.82) is 0 Å². The molecule has 1 amide bonds. The molecule has 0 aromatic rings. The van der Waals surface area contributed by atoms with Crippen molar-refractivity contribution in [1.82, 2.24) is 4.90 Å². The Bertz CT molecular complexity index is 307. The fourth-order valence-electron chi connectivity index (χ4n) is 2.26. The van der Waals surface area contributed by atoms with E-state index in [1.54, 1.807) is 4.90 Å². The van der Waals surface area contributed by atoms with E-state index in [-0.39, 0.29) is 12.5 Å². The summed E-state index contributed by atoms with van der Waals surface area (Å²) in [5.41, 5.74) is 4.49. The van der Waals surface area contributed by atoms with Crippen molar-refractivity contribution in [3.05, 3.63) is 0 Å². The molecule has 0 aromatic heterocycles. The Morgan fingerprint density at radius 1 is 1.28 bits per heavy atom. The zero-order valence-electron chi connectivity index (χ0n) is 11.2. The van der Waals surface area contributed by atoms with E-state index in [2.05, 4.69) is 6.92 Å². The van der Waals surface area contributed by atoms with Crippen LogP contribution in [-0.4, -0.2) is 40.5 Å². The van der Waals surface area contributed by atoms with Crippen LogP contribution in [0.1, 0.15) is 51.9 Å². The average molecular weight is 256 g/mol. The van der Waals surface area contributed by atoms with Gasteiger partial charge >= 0.3 is 5.97 Å². The molecule has 1 unspecified atom stereocenters. The lowest BCUT2D eigenvalue weighted by Crippen LogP contribution is -2.50. The molecule has 5 heteroatoms. The first kappa shape index (κ1) is 15.0. The van der Waals surface area contributed by atoms with Crippen LogP contribution in [-0.2, 0) is 9.59 Å². The summed E-state index contributed by atoms with van der Waals surface area (Å²) in [7, 11) is 0. The first-order valence-corrected chi connectivity index (χ1v) is 6.79. The van der Waals surface area contributed by atoms with Crippen LogP contribution in [0.5, 0.6) is 0 Å². The minimum absolute atomic E-state index is 0.0417. The van der Waals surface area contributed by atoms with Crippen molar-refractivity contribution < 1.29 is 14.7 Å². The molecule has 1 atom stereocenters. The number of hydrogen-bond acceptors (Lipinski definition) is 3. The maximum Gasteiger partial charge on any atom is 0.325 e. The van der Waals surface area contributed by atoms with Crippen molar-refractivity contribution in [3.63, 3.8) is 0 Å². The van der Waals surface area contributed by atoms with E-state index < -0.39 is 11.5 Å². The minimum atomic E-state index is -1.24. The SMILES string of the molecule is CCCCCCCC(=O)N1CCC(N)(C(=O)O)C1. The normalized spacial score (nSPS) is 23.3. The Morgan fingerprint density at radius 2 is 1.94 bits per heavy atom. The van der Waals surface area contributed by atoms with Crippen LogP contribution >= 0.6 is 0 Å². The van der Waals surface area contributed by atoms with E-state index in [0.717, 1.165) is 12.8 Å². The second-order valence-corrected chi connectivity index (χ2v) is 5.19. The van der Waals surface area contributed by atoms with E-state index in [0.29, 0.717) is 19.4 Å². The Kier molecular flexibility index (Phi) is 5.59. The molecule has 1 aliphatic heterocycles. The number of carboxylic acid groups (broad SMARTS) is 1. The maximum atomic E-state index is 11.9. The lowest BCUT2D eigenvalue weighted by Gasteiger charge is -2.20. The molecular weight excluding hydrogens is 232 g/mol. The molecule has 0 aromatic carbocycles. The minimum Gasteiger partial charge on any atom is -0.480 e. The topological polar surface area (TPSA) is 83.6 Å². The Balaban J connectivity index is 2.26. The van der Waals surface area contributed by atoms with E-state index in [1.807, 2.05) is 0 Å². The summed E-state index contributed by atoms with van der Waals surface area (Å²) in [6.07, 6.45) is 6.39. The summed E-state index contributed by atoms with van der Waals surface area (Å²) in [6.45, 7) is 2.77. The second-order valence-electron chi connectivity index (χ2n) is 5.19. The molecule has 0 bridgehead atoms. The van der Waals surface area contributed by atoms with E-state index >= 15 is 0 Å². The molecule has 5 nitrogen and oxygen atoms in total. The molecule has 1 rings (SSSR count). The summed E-state index contributed by atoms with van der Waals surface area (Å²) in [5.74, 6) is -0.971. The Hall–Kier alpha value is -1.10. The van der Waals surface area contributed by atoms with Gasteiger partial charge in [-0.3, -0.25) is 9.59 Å². The number of likely N-dealkylation sites (tertiary alicyclic amines) is 1. The van der Waals surface area contributed by atoms with Gasteiger partial charge in [0, 0.05) is 19.5 Å². The number of nitrogens with two attached hydrogens (primary N) is 1. The molecule has 1 aliphatic rings. The van der Waals surface area contributed by atoms with Crippen molar-refractivity contribution in [2.45, 2.75) is 57.4 Å². The van der Waals surface area contributed by atoms with Crippen LogP contribution in [0.2, 0.25) is 0 Å². The second kappa shape index (κ2) is 6.73. The number of carbonyl (C=O) groups is 2. The van der Waals surface area contributed by atoms with Crippen molar-refractivity contribution in [2.24, 2.45) is 5.73 Å². The maximum absolute atomic E-state index is 11.9. The first-order valence-electron chi connectivity index (χ1n) is 6.79. The highest BCUT2D eigenvalue weighted by atomic mass is 16.4.